The van der Waals surface area contributed by atoms with Gasteiger partial charge in [0.2, 0.25) is 5.88 Å². The molecule has 0 radical (unpaired) electrons. The van der Waals surface area contributed by atoms with Gasteiger partial charge in [-0.2, -0.15) is 0 Å². The van der Waals surface area contributed by atoms with E-state index in [1.54, 1.807) is 25.6 Å². The minimum atomic E-state index is 0.368. The van der Waals surface area contributed by atoms with Gasteiger partial charge < -0.3 is 15.8 Å². The molecule has 3 N–H and O–H groups in total. The number of aromatic nitrogens is 6. The van der Waals surface area contributed by atoms with Crippen molar-refractivity contribution in [3.63, 3.8) is 0 Å². The van der Waals surface area contributed by atoms with Crippen LogP contribution in [0.2, 0.25) is 0 Å². The summed E-state index contributed by atoms with van der Waals surface area (Å²) in [5, 5.41) is 4.24. The van der Waals surface area contributed by atoms with Gasteiger partial charge in [-0.15, -0.1) is 0 Å². The van der Waals surface area contributed by atoms with Crippen LogP contribution < -0.4 is 15.8 Å². The second kappa shape index (κ2) is 9.18. The Hall–Kier alpha value is -4.66. The standard InChI is InChI=1S/C27H24N8O/c1-36-27-23(24(18-9-10-18)32-15-33-27)26-34-21-12-22(28)30-14-19(21)25(35-26)31-13-16-5-7-17(8-6-16)20-4-2-3-11-29-20/h2-8,11-12,14-15,18H,9-10,13H2,1H3,(H2,28,30)(H,31,34,35). The Bertz CT molecular complexity index is 1540. The SMILES string of the molecule is COc1ncnc(C2CC2)c1-c1nc(NCc2ccc(-c3ccccn3)cc2)c2cnc(N)cc2n1. The maximum Gasteiger partial charge on any atom is 0.227 e. The number of fused-ring (bicyclic) bond motifs is 1. The van der Waals surface area contributed by atoms with E-state index in [1.807, 2.05) is 18.2 Å². The van der Waals surface area contributed by atoms with E-state index in [0.29, 0.717) is 41.3 Å². The summed E-state index contributed by atoms with van der Waals surface area (Å²) in [7, 11) is 1.60. The van der Waals surface area contributed by atoms with Crippen molar-refractivity contribution in [3.8, 4) is 28.5 Å². The lowest BCUT2D eigenvalue weighted by Crippen LogP contribution is -2.07. The fourth-order valence-corrected chi connectivity index (χ4v) is 4.21. The van der Waals surface area contributed by atoms with Gasteiger partial charge in [0.25, 0.3) is 0 Å². The van der Waals surface area contributed by atoms with E-state index in [9.17, 15) is 0 Å². The summed E-state index contributed by atoms with van der Waals surface area (Å²) in [5.74, 6) is 2.38. The molecule has 1 aromatic carbocycles. The average molecular weight is 477 g/mol. The molecule has 1 saturated carbocycles. The molecule has 36 heavy (non-hydrogen) atoms. The molecule has 5 aromatic rings. The molecule has 0 amide bonds. The minimum absolute atomic E-state index is 0.368. The van der Waals surface area contributed by atoms with Crippen molar-refractivity contribution in [2.45, 2.75) is 25.3 Å². The molecule has 6 rings (SSSR count). The summed E-state index contributed by atoms with van der Waals surface area (Å²) >= 11 is 0. The number of pyridine rings is 2. The Morgan fingerprint density at radius 3 is 2.61 bits per heavy atom. The normalized spacial score (nSPS) is 13.0. The van der Waals surface area contributed by atoms with E-state index in [4.69, 9.17) is 20.4 Å². The van der Waals surface area contributed by atoms with Crippen LogP contribution in [0.3, 0.4) is 0 Å². The fourth-order valence-electron chi connectivity index (χ4n) is 4.21. The van der Waals surface area contributed by atoms with Crippen molar-refractivity contribution in [1.82, 2.24) is 29.9 Å². The third-order valence-corrected chi connectivity index (χ3v) is 6.20. The van der Waals surface area contributed by atoms with Gasteiger partial charge in [0.15, 0.2) is 5.82 Å². The summed E-state index contributed by atoms with van der Waals surface area (Å²) in [6.07, 6.45) is 7.19. The van der Waals surface area contributed by atoms with Crippen LogP contribution in [0.4, 0.5) is 11.6 Å². The Morgan fingerprint density at radius 2 is 1.86 bits per heavy atom. The zero-order chi connectivity index (χ0) is 24.5. The monoisotopic (exact) mass is 476 g/mol. The molecule has 9 heteroatoms. The van der Waals surface area contributed by atoms with Crippen LogP contribution in [0.25, 0.3) is 33.5 Å². The Morgan fingerprint density at radius 1 is 1.00 bits per heavy atom. The summed E-state index contributed by atoms with van der Waals surface area (Å²) in [6, 6.07) is 15.9. The Kier molecular flexibility index (Phi) is 5.57. The number of anilines is 2. The third-order valence-electron chi connectivity index (χ3n) is 6.20. The number of hydrogen-bond acceptors (Lipinski definition) is 9. The molecular formula is C27H24N8O. The number of benzene rings is 1. The largest absolute Gasteiger partial charge is 0.480 e. The van der Waals surface area contributed by atoms with Crippen LogP contribution in [0.15, 0.2) is 67.3 Å². The molecule has 4 aromatic heterocycles. The Balaban J connectivity index is 1.36. The van der Waals surface area contributed by atoms with Crippen molar-refractivity contribution in [2.75, 3.05) is 18.2 Å². The predicted molar refractivity (Wildman–Crippen MR) is 138 cm³/mol. The maximum absolute atomic E-state index is 5.99. The molecule has 0 bridgehead atoms. The van der Waals surface area contributed by atoms with Gasteiger partial charge in [-0.1, -0.05) is 30.3 Å². The van der Waals surface area contributed by atoms with E-state index in [-0.39, 0.29) is 0 Å². The smallest absolute Gasteiger partial charge is 0.227 e. The highest BCUT2D eigenvalue weighted by atomic mass is 16.5. The molecule has 0 saturated heterocycles. The van der Waals surface area contributed by atoms with E-state index in [0.717, 1.165) is 46.3 Å². The first-order chi connectivity index (χ1) is 17.7. The van der Waals surface area contributed by atoms with Gasteiger partial charge in [0.1, 0.15) is 23.5 Å². The molecule has 0 spiro atoms. The van der Waals surface area contributed by atoms with Crippen LogP contribution in [-0.4, -0.2) is 37.0 Å². The number of ether oxygens (including phenoxy) is 1. The molecule has 178 valence electrons. The first-order valence-electron chi connectivity index (χ1n) is 11.8. The number of nitrogens with one attached hydrogen (secondary N) is 1. The van der Waals surface area contributed by atoms with E-state index in [2.05, 4.69) is 49.5 Å². The lowest BCUT2D eigenvalue weighted by atomic mass is 10.1. The van der Waals surface area contributed by atoms with Crippen molar-refractivity contribution in [1.29, 1.82) is 0 Å². The van der Waals surface area contributed by atoms with Crippen molar-refractivity contribution < 1.29 is 4.74 Å². The summed E-state index contributed by atoms with van der Waals surface area (Å²) in [5.41, 5.74) is 11.4. The van der Waals surface area contributed by atoms with Gasteiger partial charge in [-0.3, -0.25) is 4.98 Å². The van der Waals surface area contributed by atoms with Gasteiger partial charge in [0.05, 0.1) is 29.4 Å². The van der Waals surface area contributed by atoms with Crippen LogP contribution >= 0.6 is 0 Å². The van der Waals surface area contributed by atoms with E-state index >= 15 is 0 Å². The van der Waals surface area contributed by atoms with Gasteiger partial charge >= 0.3 is 0 Å². The fraction of sp³-hybridized carbons (Fsp3) is 0.185. The molecule has 1 fully saturated rings. The highest BCUT2D eigenvalue weighted by Crippen LogP contribution is 2.45. The lowest BCUT2D eigenvalue weighted by Gasteiger charge is -2.14. The number of nitrogens with two attached hydrogens (primary N) is 1. The zero-order valence-corrected chi connectivity index (χ0v) is 19.7. The summed E-state index contributed by atoms with van der Waals surface area (Å²) < 4.78 is 5.58. The molecule has 0 aliphatic heterocycles. The van der Waals surface area contributed by atoms with Crippen molar-refractivity contribution in [3.05, 3.63) is 78.5 Å². The van der Waals surface area contributed by atoms with Gasteiger partial charge in [0, 0.05) is 36.5 Å². The van der Waals surface area contributed by atoms with Crippen LogP contribution in [0.5, 0.6) is 5.88 Å². The predicted octanol–water partition coefficient (Wildman–Crippen LogP) is 4.62. The molecular weight excluding hydrogens is 452 g/mol. The second-order valence-corrected chi connectivity index (χ2v) is 8.71. The molecule has 0 unspecified atom stereocenters. The van der Waals surface area contributed by atoms with Crippen molar-refractivity contribution in [2.24, 2.45) is 0 Å². The van der Waals surface area contributed by atoms with Crippen molar-refractivity contribution >= 4 is 22.5 Å². The molecule has 1 aliphatic rings. The molecule has 9 nitrogen and oxygen atoms in total. The molecule has 4 heterocycles. The number of methoxy groups -OCH3 is 1. The Labute approximate surface area is 207 Å². The second-order valence-electron chi connectivity index (χ2n) is 8.71. The number of nitrogen functional groups attached to an aromatic ring is 1. The highest BCUT2D eigenvalue weighted by molar-refractivity contribution is 5.91. The van der Waals surface area contributed by atoms with Crippen LogP contribution in [-0.2, 0) is 6.54 Å². The lowest BCUT2D eigenvalue weighted by molar-refractivity contribution is 0.397. The maximum atomic E-state index is 5.99. The van der Waals surface area contributed by atoms with E-state index < -0.39 is 0 Å². The molecule has 1 aliphatic carbocycles. The van der Waals surface area contributed by atoms with Gasteiger partial charge in [-0.05, 0) is 30.5 Å². The quantitative estimate of drug-likeness (QED) is 0.346. The van der Waals surface area contributed by atoms with E-state index in [1.165, 1.54) is 6.33 Å². The highest BCUT2D eigenvalue weighted by Gasteiger charge is 2.31. The number of hydrogen-bond donors (Lipinski definition) is 2. The number of rotatable bonds is 7. The number of nitrogens with zero attached hydrogens (tertiary/aromatic N) is 6. The van der Waals surface area contributed by atoms with Crippen LogP contribution in [0, 0.1) is 0 Å². The van der Waals surface area contributed by atoms with Gasteiger partial charge in [-0.25, -0.2) is 24.9 Å². The molecule has 0 atom stereocenters. The minimum Gasteiger partial charge on any atom is -0.480 e. The zero-order valence-electron chi connectivity index (χ0n) is 19.7. The topological polar surface area (TPSA) is 125 Å². The first kappa shape index (κ1) is 21.8. The summed E-state index contributed by atoms with van der Waals surface area (Å²) in [4.78, 5) is 27.2. The average Bonchev–Trinajstić information content (AvgIpc) is 3.77. The third kappa shape index (κ3) is 4.26. The summed E-state index contributed by atoms with van der Waals surface area (Å²) in [6.45, 7) is 0.566. The van der Waals surface area contributed by atoms with Crippen LogP contribution in [0.1, 0.15) is 30.0 Å². The first-order valence-corrected chi connectivity index (χ1v) is 11.8.